The van der Waals surface area contributed by atoms with E-state index >= 15 is 0 Å². The van der Waals surface area contributed by atoms with Crippen molar-refractivity contribution in [2.45, 2.75) is 43.9 Å². The highest BCUT2D eigenvalue weighted by molar-refractivity contribution is 6.10. The number of nitrogens with zero attached hydrogens (tertiary/aromatic N) is 4. The second kappa shape index (κ2) is 13.7. The Morgan fingerprint density at radius 1 is 0.373 bits per heavy atom. The van der Waals surface area contributed by atoms with Crippen LogP contribution in [-0.4, -0.2) is 19.5 Å². The van der Waals surface area contributed by atoms with Gasteiger partial charge in [0.05, 0.1) is 11.0 Å². The van der Waals surface area contributed by atoms with Gasteiger partial charge in [0.2, 0.25) is 0 Å². The van der Waals surface area contributed by atoms with Gasteiger partial charge in [-0.1, -0.05) is 133 Å². The summed E-state index contributed by atoms with van der Waals surface area (Å²) in [7, 11) is 0. The van der Waals surface area contributed by atoms with Crippen molar-refractivity contribution in [2.24, 2.45) is 17.8 Å². The molecule has 0 N–H and O–H groups in total. The predicted octanol–water partition coefficient (Wildman–Crippen LogP) is 13.8. The first-order valence-electron chi connectivity index (χ1n) is 21.3. The molecule has 2 aromatic heterocycles. The van der Waals surface area contributed by atoms with Crippen molar-refractivity contribution in [1.29, 1.82) is 0 Å². The molecule has 4 nitrogen and oxygen atoms in total. The lowest BCUT2D eigenvalue weighted by Gasteiger charge is -2.57. The predicted molar refractivity (Wildman–Crippen MR) is 241 cm³/mol. The molecule has 4 aliphatic carbocycles. The van der Waals surface area contributed by atoms with Crippen molar-refractivity contribution >= 4 is 21.8 Å². The summed E-state index contributed by atoms with van der Waals surface area (Å²) < 4.78 is 2.36. The topological polar surface area (TPSA) is 43.6 Å². The minimum absolute atomic E-state index is 0.334. The first-order chi connectivity index (χ1) is 29.1. The van der Waals surface area contributed by atoms with Gasteiger partial charge in [-0.05, 0) is 132 Å². The van der Waals surface area contributed by atoms with E-state index in [9.17, 15) is 0 Å². The third kappa shape index (κ3) is 6.00. The molecular formula is C55H44N4. The highest BCUT2D eigenvalue weighted by atomic mass is 15.0. The molecule has 4 heteroatoms. The van der Waals surface area contributed by atoms with Crippen LogP contribution in [0.3, 0.4) is 0 Å². The van der Waals surface area contributed by atoms with E-state index in [1.807, 2.05) is 0 Å². The van der Waals surface area contributed by atoms with E-state index in [2.05, 4.69) is 180 Å². The molecule has 0 radical (unpaired) electrons. The molecule has 4 aliphatic rings. The van der Waals surface area contributed by atoms with Crippen LogP contribution in [-0.2, 0) is 5.41 Å². The smallest absolute Gasteiger partial charge is 0.164 e. The van der Waals surface area contributed by atoms with Crippen molar-refractivity contribution in [3.8, 4) is 62.1 Å². The highest BCUT2D eigenvalue weighted by Crippen LogP contribution is 2.60. The van der Waals surface area contributed by atoms with Crippen molar-refractivity contribution in [2.75, 3.05) is 0 Å². The Labute approximate surface area is 345 Å². The molecule has 0 unspecified atom stereocenters. The van der Waals surface area contributed by atoms with E-state index in [0.717, 1.165) is 67.9 Å². The molecule has 0 amide bonds. The Bertz CT molecular complexity index is 2910. The van der Waals surface area contributed by atoms with Crippen molar-refractivity contribution in [3.63, 3.8) is 0 Å². The summed E-state index contributed by atoms with van der Waals surface area (Å²) >= 11 is 0. The van der Waals surface area contributed by atoms with E-state index in [1.165, 1.54) is 60.4 Å². The van der Waals surface area contributed by atoms with Crippen LogP contribution < -0.4 is 0 Å². The fourth-order valence-electron chi connectivity index (χ4n) is 11.5. The molecule has 4 fully saturated rings. The molecule has 284 valence electrons. The quantitative estimate of drug-likeness (QED) is 0.162. The Hall–Kier alpha value is -6.65. The Kier molecular flexibility index (Phi) is 8.01. The number of rotatable bonds is 7. The summed E-state index contributed by atoms with van der Waals surface area (Å²) in [6.07, 6.45) is 8.39. The molecule has 0 aliphatic heterocycles. The summed E-state index contributed by atoms with van der Waals surface area (Å²) in [6, 6.07) is 63.3. The first kappa shape index (κ1) is 34.4. The van der Waals surface area contributed by atoms with Gasteiger partial charge in [0.1, 0.15) is 0 Å². The van der Waals surface area contributed by atoms with Crippen LogP contribution >= 0.6 is 0 Å². The van der Waals surface area contributed by atoms with Crippen LogP contribution in [0.5, 0.6) is 0 Å². The largest absolute Gasteiger partial charge is 0.309 e. The molecule has 2 heterocycles. The summed E-state index contributed by atoms with van der Waals surface area (Å²) in [5, 5.41) is 2.42. The van der Waals surface area contributed by atoms with Crippen molar-refractivity contribution < 1.29 is 0 Å². The number of fused-ring (bicyclic) bond motifs is 3. The Balaban J connectivity index is 1.04. The minimum Gasteiger partial charge on any atom is -0.309 e. The van der Waals surface area contributed by atoms with Gasteiger partial charge in [0, 0.05) is 33.2 Å². The maximum Gasteiger partial charge on any atom is 0.164 e. The maximum atomic E-state index is 5.35. The van der Waals surface area contributed by atoms with Crippen LogP contribution in [0.15, 0.2) is 176 Å². The lowest BCUT2D eigenvalue weighted by Crippen LogP contribution is -2.48. The second-order valence-corrected chi connectivity index (χ2v) is 17.5. The minimum atomic E-state index is 0.334. The zero-order valence-electron chi connectivity index (χ0n) is 33.0. The molecule has 0 saturated heterocycles. The molecule has 4 bridgehead atoms. The van der Waals surface area contributed by atoms with E-state index in [4.69, 9.17) is 15.0 Å². The molecule has 59 heavy (non-hydrogen) atoms. The molecule has 9 aromatic rings. The lowest BCUT2D eigenvalue weighted by molar-refractivity contribution is -0.00518. The van der Waals surface area contributed by atoms with Crippen LogP contribution in [0, 0.1) is 17.8 Å². The van der Waals surface area contributed by atoms with Crippen molar-refractivity contribution in [3.05, 3.63) is 181 Å². The maximum absolute atomic E-state index is 5.35. The fourth-order valence-corrected chi connectivity index (χ4v) is 11.5. The second-order valence-electron chi connectivity index (χ2n) is 17.5. The zero-order valence-corrected chi connectivity index (χ0v) is 33.0. The molecular weight excluding hydrogens is 717 g/mol. The SMILES string of the molecule is c1ccc(-c2cc(-c3ccccc3)cc(-c3nc(-c4ccc(C56CC7CC(CC(C7)C5)C6)cc4)nc(-c4ccc5c6ccccc6n(-c6ccccc6)c5c4)n3)c2)cc1. The first-order valence-corrected chi connectivity index (χ1v) is 21.3. The van der Waals surface area contributed by atoms with E-state index in [-0.39, 0.29) is 0 Å². The summed E-state index contributed by atoms with van der Waals surface area (Å²) in [4.78, 5) is 16.0. The average molecular weight is 761 g/mol. The average Bonchev–Trinajstić information content (AvgIpc) is 3.63. The number of hydrogen-bond acceptors (Lipinski definition) is 3. The van der Waals surface area contributed by atoms with Gasteiger partial charge in [-0.3, -0.25) is 0 Å². The van der Waals surface area contributed by atoms with Gasteiger partial charge in [-0.25, -0.2) is 15.0 Å². The number of benzene rings is 7. The molecule has 4 saturated carbocycles. The molecule has 0 atom stereocenters. The molecule has 13 rings (SSSR count). The van der Waals surface area contributed by atoms with Crippen LogP contribution in [0.1, 0.15) is 44.1 Å². The fraction of sp³-hybridized carbons (Fsp3) is 0.182. The Morgan fingerprint density at radius 2 is 0.847 bits per heavy atom. The van der Waals surface area contributed by atoms with E-state index in [0.29, 0.717) is 22.9 Å². The highest BCUT2D eigenvalue weighted by Gasteiger charge is 2.51. The van der Waals surface area contributed by atoms with Gasteiger partial charge in [-0.2, -0.15) is 0 Å². The number of aromatic nitrogens is 4. The summed E-state index contributed by atoms with van der Waals surface area (Å²) in [6.45, 7) is 0. The van der Waals surface area contributed by atoms with E-state index in [1.54, 1.807) is 0 Å². The van der Waals surface area contributed by atoms with Gasteiger partial charge < -0.3 is 4.57 Å². The zero-order chi connectivity index (χ0) is 38.9. The third-order valence-electron chi connectivity index (χ3n) is 13.8. The van der Waals surface area contributed by atoms with E-state index < -0.39 is 0 Å². The monoisotopic (exact) mass is 760 g/mol. The standard InChI is InChI=1S/C55H44N4/c1-4-12-39(13-5-1)43-29-44(40-14-6-2-7-15-40)31-45(30-43)54-57-52(41-20-23-46(24-21-41)55-33-36-26-37(34-55)28-38(27-36)35-55)56-53(58-54)42-22-25-49-48-18-10-11-19-50(48)59(51(49)32-42)47-16-8-3-9-17-47/h1-25,29-32,36-38H,26-28,33-35H2. The molecule has 0 spiro atoms. The number of hydrogen-bond donors (Lipinski definition) is 0. The van der Waals surface area contributed by atoms with Crippen molar-refractivity contribution in [1.82, 2.24) is 19.5 Å². The third-order valence-corrected chi connectivity index (χ3v) is 13.8. The van der Waals surface area contributed by atoms with Gasteiger partial charge in [0.25, 0.3) is 0 Å². The summed E-state index contributed by atoms with van der Waals surface area (Å²) in [5.74, 6) is 4.72. The van der Waals surface area contributed by atoms with Crippen LogP contribution in [0.4, 0.5) is 0 Å². The van der Waals surface area contributed by atoms with Crippen LogP contribution in [0.25, 0.3) is 83.9 Å². The normalized spacial score (nSPS) is 20.7. The summed E-state index contributed by atoms with van der Waals surface area (Å²) in [5.41, 5.74) is 12.7. The van der Waals surface area contributed by atoms with Gasteiger partial charge in [-0.15, -0.1) is 0 Å². The van der Waals surface area contributed by atoms with Crippen LogP contribution in [0.2, 0.25) is 0 Å². The number of para-hydroxylation sites is 2. The Morgan fingerprint density at radius 3 is 1.46 bits per heavy atom. The van der Waals surface area contributed by atoms with Gasteiger partial charge in [0.15, 0.2) is 17.5 Å². The van der Waals surface area contributed by atoms with Gasteiger partial charge >= 0.3 is 0 Å². The molecule has 7 aromatic carbocycles. The lowest BCUT2D eigenvalue weighted by atomic mass is 9.48.